The summed E-state index contributed by atoms with van der Waals surface area (Å²) in [6.07, 6.45) is -20.6. The Bertz CT molecular complexity index is 1430. The third-order valence-corrected chi connectivity index (χ3v) is 7.31. The molecule has 0 radical (unpaired) electrons. The zero-order chi connectivity index (χ0) is 43.9. The van der Waals surface area contributed by atoms with Crippen LogP contribution in [0.25, 0.3) is 0 Å². The molecule has 2 rings (SSSR count). The van der Waals surface area contributed by atoms with Gasteiger partial charge in [-0.2, -0.15) is 0 Å². The van der Waals surface area contributed by atoms with Crippen molar-refractivity contribution in [2.45, 2.75) is 123 Å². The van der Waals surface area contributed by atoms with Crippen molar-refractivity contribution in [3.8, 4) is 0 Å². The van der Waals surface area contributed by atoms with E-state index < -0.39 is 154 Å². The summed E-state index contributed by atoms with van der Waals surface area (Å²) in [6.45, 7) is 5.60. The molecular weight excluding hydrogens is 792 g/mol. The van der Waals surface area contributed by atoms with Gasteiger partial charge in [0.2, 0.25) is 24.8 Å². The molecule has 25 nitrogen and oxygen atoms in total. The lowest BCUT2D eigenvalue weighted by molar-refractivity contribution is -0.294. The largest absolute Gasteiger partial charge is 0.463 e. The van der Waals surface area contributed by atoms with E-state index in [1.165, 1.54) is 0 Å². The Kier molecular flexibility index (Phi) is 19.0. The van der Waals surface area contributed by atoms with Crippen molar-refractivity contribution in [1.82, 2.24) is 10.6 Å². The highest BCUT2D eigenvalue weighted by atomic mass is 16.8. The molecule has 0 aromatic carbocycles. The van der Waals surface area contributed by atoms with E-state index in [9.17, 15) is 53.1 Å². The molecule has 2 aliphatic heterocycles. The van der Waals surface area contributed by atoms with Crippen molar-refractivity contribution in [3.05, 3.63) is 0 Å². The maximum absolute atomic E-state index is 12.8. The van der Waals surface area contributed by atoms with Crippen molar-refractivity contribution in [2.24, 2.45) is 0 Å². The summed E-state index contributed by atoms with van der Waals surface area (Å²) in [5.41, 5.74) is 0. The predicted octanol–water partition coefficient (Wildman–Crippen LogP) is -2.03. The fourth-order valence-electron chi connectivity index (χ4n) is 5.34. The van der Waals surface area contributed by atoms with Gasteiger partial charge >= 0.3 is 59.9 Å². The maximum atomic E-state index is 12.8. The van der Waals surface area contributed by atoms with Crippen molar-refractivity contribution in [3.63, 3.8) is 0 Å². The first kappa shape index (κ1) is 48.3. The molecule has 0 bridgehead atoms. The third kappa shape index (κ3) is 16.3. The van der Waals surface area contributed by atoms with Crippen molar-refractivity contribution in [1.29, 1.82) is 0 Å². The van der Waals surface area contributed by atoms with Gasteiger partial charge in [0.15, 0.2) is 24.4 Å². The Morgan fingerprint density at radius 3 is 0.983 bits per heavy atom. The Hall–Kier alpha value is -5.82. The highest BCUT2D eigenvalue weighted by molar-refractivity contribution is 5.71. The van der Waals surface area contributed by atoms with Gasteiger partial charge in [-0.15, -0.1) is 0 Å². The van der Waals surface area contributed by atoms with Gasteiger partial charge in [0, 0.05) is 68.5 Å². The van der Waals surface area contributed by atoms with Gasteiger partial charge in [0.1, 0.15) is 25.4 Å². The lowest BCUT2D eigenvalue weighted by Gasteiger charge is -2.43. The fraction of sp³-hybridized carbons (Fsp3) is 0.697. The molecule has 58 heavy (non-hydrogen) atoms. The van der Waals surface area contributed by atoms with Gasteiger partial charge in [-0.1, -0.05) is 0 Å². The number of carbonyl (C=O) groups excluding carboxylic acids is 10. The van der Waals surface area contributed by atoms with Crippen LogP contribution in [0.15, 0.2) is 0 Å². The van der Waals surface area contributed by atoms with Gasteiger partial charge < -0.3 is 72.6 Å². The number of amides is 2. The summed E-state index contributed by atoms with van der Waals surface area (Å²) >= 11 is 0. The molecule has 0 saturated carbocycles. The molecule has 2 amide bonds. The monoisotopic (exact) mass is 838 g/mol. The Morgan fingerprint density at radius 1 is 0.431 bits per heavy atom. The Balaban J connectivity index is 2.17. The number of aliphatic hydroxyl groups excluding tert-OH is 1. The first-order valence-corrected chi connectivity index (χ1v) is 17.3. The molecule has 0 unspecified atom stereocenters. The summed E-state index contributed by atoms with van der Waals surface area (Å²) in [7, 11) is 0. The zero-order valence-electron chi connectivity index (χ0n) is 32.6. The molecule has 2 fully saturated rings. The molecule has 326 valence electrons. The number of ether oxygens (including phenoxy) is 12. The van der Waals surface area contributed by atoms with Crippen LogP contribution >= 0.6 is 0 Å². The second-order valence-corrected chi connectivity index (χ2v) is 12.4. The Labute approximate surface area is 329 Å². The van der Waals surface area contributed by atoms with Crippen LogP contribution in [0.5, 0.6) is 0 Å². The molecule has 0 aromatic rings. The molecule has 2 heterocycles. The maximum Gasteiger partial charge on any atom is 0.409 e. The number of hydrogen-bond acceptors (Lipinski definition) is 23. The van der Waals surface area contributed by atoms with Gasteiger partial charge in [-0.05, 0) is 0 Å². The van der Waals surface area contributed by atoms with Gasteiger partial charge in [-0.3, -0.25) is 38.4 Å². The van der Waals surface area contributed by atoms with Crippen LogP contribution in [0.1, 0.15) is 55.4 Å². The Morgan fingerprint density at radius 2 is 0.707 bits per heavy atom. The normalized spacial score (nSPS) is 26.8. The third-order valence-electron chi connectivity index (χ3n) is 7.31. The molecule has 2 saturated heterocycles. The topological polar surface area (TPSA) is 326 Å². The van der Waals surface area contributed by atoms with E-state index in [4.69, 9.17) is 56.8 Å². The zero-order valence-corrected chi connectivity index (χ0v) is 32.6. The minimum atomic E-state index is -1.88. The van der Waals surface area contributed by atoms with Gasteiger partial charge in [0.05, 0.1) is 6.10 Å². The van der Waals surface area contributed by atoms with E-state index >= 15 is 0 Å². The molecule has 25 heteroatoms. The first-order valence-electron chi connectivity index (χ1n) is 17.3. The SMILES string of the molecule is CC(=O)OC[C@H]1O[C@H](OC(=O)NCC(O)CNC(=O)O[C@H]2O[C@H](COC(C)=O)[C@H](OC(C)=O)[C@H](OC(C)=O)[C@H]2OC(C)=O)[C@H](OC(C)=O)[C@@H](OC(C)=O)[C@H]1OC(C)=O. The molecule has 2 aliphatic rings. The van der Waals surface area contributed by atoms with E-state index in [0.29, 0.717) is 0 Å². The summed E-state index contributed by atoms with van der Waals surface area (Å²) in [6, 6.07) is 0. The van der Waals surface area contributed by atoms with Crippen molar-refractivity contribution < 1.29 is 110 Å². The van der Waals surface area contributed by atoms with Crippen LogP contribution in [0, 0.1) is 0 Å². The minimum Gasteiger partial charge on any atom is -0.463 e. The highest BCUT2D eigenvalue weighted by Crippen LogP contribution is 2.31. The van der Waals surface area contributed by atoms with Crippen LogP contribution in [0.2, 0.25) is 0 Å². The number of esters is 8. The van der Waals surface area contributed by atoms with E-state index in [1.807, 2.05) is 0 Å². The predicted molar refractivity (Wildman–Crippen MR) is 179 cm³/mol. The van der Waals surface area contributed by atoms with E-state index in [0.717, 1.165) is 55.4 Å². The number of nitrogens with one attached hydrogen (secondary N) is 2. The number of rotatable bonds is 16. The van der Waals surface area contributed by atoms with E-state index in [1.54, 1.807) is 0 Å². The molecule has 0 aliphatic carbocycles. The number of carbonyl (C=O) groups is 10. The smallest absolute Gasteiger partial charge is 0.409 e. The van der Waals surface area contributed by atoms with Crippen molar-refractivity contribution >= 4 is 59.9 Å². The number of alkyl carbamates (subject to hydrolysis) is 2. The van der Waals surface area contributed by atoms with E-state index in [-0.39, 0.29) is 0 Å². The van der Waals surface area contributed by atoms with Crippen LogP contribution in [-0.4, -0.2) is 159 Å². The molecule has 0 aromatic heterocycles. The molecule has 10 atom stereocenters. The average molecular weight is 839 g/mol. The van der Waals surface area contributed by atoms with E-state index in [2.05, 4.69) is 10.6 Å². The first-order chi connectivity index (χ1) is 27.1. The van der Waals surface area contributed by atoms with Crippen molar-refractivity contribution in [2.75, 3.05) is 26.3 Å². The molecular formula is C33H46N2O23. The summed E-state index contributed by atoms with van der Waals surface area (Å²) in [5.74, 6) is -7.12. The van der Waals surface area contributed by atoms with Gasteiger partial charge in [0.25, 0.3) is 0 Å². The van der Waals surface area contributed by atoms with Crippen LogP contribution in [0.3, 0.4) is 0 Å². The summed E-state index contributed by atoms with van der Waals surface area (Å²) < 4.78 is 63.1. The number of aliphatic hydroxyl groups is 1. The minimum absolute atomic E-state index is 0.600. The lowest BCUT2D eigenvalue weighted by Crippen LogP contribution is -2.63. The average Bonchev–Trinajstić information content (AvgIpc) is 3.08. The molecule has 0 spiro atoms. The van der Waals surface area contributed by atoms with Crippen LogP contribution in [0.4, 0.5) is 9.59 Å². The summed E-state index contributed by atoms with van der Waals surface area (Å²) in [4.78, 5) is 121. The quantitative estimate of drug-likeness (QED) is 0.111. The number of hydrogen-bond donors (Lipinski definition) is 3. The van der Waals surface area contributed by atoms with Crippen LogP contribution < -0.4 is 10.6 Å². The second kappa shape index (κ2) is 22.8. The van der Waals surface area contributed by atoms with Crippen LogP contribution in [-0.2, 0) is 95.2 Å². The fourth-order valence-corrected chi connectivity index (χ4v) is 5.34. The lowest BCUT2D eigenvalue weighted by atomic mass is 9.98. The summed E-state index contributed by atoms with van der Waals surface area (Å²) in [5, 5.41) is 14.8. The molecule has 3 N–H and O–H groups in total. The van der Waals surface area contributed by atoms with Gasteiger partial charge in [-0.25, -0.2) is 9.59 Å². The second-order valence-electron chi connectivity index (χ2n) is 12.4. The highest BCUT2D eigenvalue weighted by Gasteiger charge is 2.55. The standard InChI is InChI=1S/C33H46N2O23/c1-13(36)47-11-22-24(49-15(3)38)26(51-17(5)40)28(53-19(7)42)30(55-22)57-32(45)34-9-21(44)10-35-33(46)58-31-29(54-20(8)43)27(52-18(6)41)25(50-16(4)39)23(56-31)12-48-14(2)37/h21-31,44H,9-12H2,1-8H3,(H,34,45)(H,35,46)/t22-,23-,24+,25+,26+,27+,28-,29-,30-,31-/m1/s1.